The number of hydrogen-bond acceptors (Lipinski definition) is 3. The average Bonchev–Trinajstić information content (AvgIpc) is 2.43. The molecule has 0 radical (unpaired) electrons. The maximum Gasteiger partial charge on any atom is 0.128 e. The highest BCUT2D eigenvalue weighted by Gasteiger charge is 2.19. The highest BCUT2D eigenvalue weighted by Crippen LogP contribution is 2.23. The number of rotatable bonds is 5. The lowest BCUT2D eigenvalue weighted by Crippen LogP contribution is -2.31. The van der Waals surface area contributed by atoms with Gasteiger partial charge in [-0.15, -0.1) is 0 Å². The molecule has 0 amide bonds. The predicted molar refractivity (Wildman–Crippen MR) is 83.4 cm³/mol. The molecule has 1 aromatic heterocycles. The van der Waals surface area contributed by atoms with Crippen molar-refractivity contribution in [2.24, 2.45) is 5.73 Å². The standard InChI is InChI=1S/C17H22FN3/c1-12-7-8-16(18)15(9-12)17(10-19)21(3)11-14-6-4-5-13(2)20-14/h4-9,17H,10-11,19H2,1-3H3. The Morgan fingerprint density at radius 1 is 1.24 bits per heavy atom. The third-order valence-electron chi connectivity index (χ3n) is 3.62. The van der Waals surface area contributed by atoms with Gasteiger partial charge in [-0.2, -0.15) is 0 Å². The molecule has 2 N–H and O–H groups in total. The monoisotopic (exact) mass is 287 g/mol. The number of aromatic nitrogens is 1. The van der Waals surface area contributed by atoms with Gasteiger partial charge in [-0.05, 0) is 39.1 Å². The molecule has 0 aliphatic carbocycles. The summed E-state index contributed by atoms with van der Waals surface area (Å²) in [6.07, 6.45) is 0. The van der Waals surface area contributed by atoms with Crippen LogP contribution in [0.2, 0.25) is 0 Å². The van der Waals surface area contributed by atoms with Crippen LogP contribution in [0.4, 0.5) is 4.39 Å². The number of hydrogen-bond donors (Lipinski definition) is 1. The molecule has 21 heavy (non-hydrogen) atoms. The molecule has 1 atom stereocenters. The summed E-state index contributed by atoms with van der Waals surface area (Å²) in [4.78, 5) is 6.53. The van der Waals surface area contributed by atoms with Crippen LogP contribution >= 0.6 is 0 Å². The van der Waals surface area contributed by atoms with Crippen molar-refractivity contribution >= 4 is 0 Å². The molecule has 0 saturated carbocycles. The first-order chi connectivity index (χ1) is 10.0. The van der Waals surface area contributed by atoms with Crippen LogP contribution in [-0.4, -0.2) is 23.5 Å². The van der Waals surface area contributed by atoms with Gasteiger partial charge < -0.3 is 5.73 Å². The first-order valence-electron chi connectivity index (χ1n) is 7.10. The maximum absolute atomic E-state index is 14.1. The van der Waals surface area contributed by atoms with Gasteiger partial charge in [0.15, 0.2) is 0 Å². The van der Waals surface area contributed by atoms with E-state index in [-0.39, 0.29) is 11.9 Å². The SMILES string of the molecule is Cc1ccc(F)c(C(CN)N(C)Cc2cccc(C)n2)c1. The number of benzene rings is 1. The topological polar surface area (TPSA) is 42.1 Å². The summed E-state index contributed by atoms with van der Waals surface area (Å²) in [5.74, 6) is -0.208. The molecule has 1 unspecified atom stereocenters. The fourth-order valence-electron chi connectivity index (χ4n) is 2.52. The summed E-state index contributed by atoms with van der Waals surface area (Å²) in [5, 5.41) is 0. The van der Waals surface area contributed by atoms with Gasteiger partial charge in [-0.25, -0.2) is 4.39 Å². The quantitative estimate of drug-likeness (QED) is 0.919. The fraction of sp³-hybridized carbons (Fsp3) is 0.353. The van der Waals surface area contributed by atoms with E-state index in [9.17, 15) is 4.39 Å². The van der Waals surface area contributed by atoms with Crippen molar-refractivity contribution in [3.63, 3.8) is 0 Å². The lowest BCUT2D eigenvalue weighted by molar-refractivity contribution is 0.234. The first kappa shape index (κ1) is 15.6. The van der Waals surface area contributed by atoms with Crippen molar-refractivity contribution in [2.75, 3.05) is 13.6 Å². The lowest BCUT2D eigenvalue weighted by atomic mass is 10.0. The molecular formula is C17H22FN3. The number of halogens is 1. The average molecular weight is 287 g/mol. The number of nitrogens with two attached hydrogens (primary N) is 1. The molecule has 0 spiro atoms. The number of pyridine rings is 1. The summed E-state index contributed by atoms with van der Waals surface area (Å²) < 4.78 is 14.1. The fourth-order valence-corrected chi connectivity index (χ4v) is 2.52. The minimum absolute atomic E-state index is 0.160. The zero-order chi connectivity index (χ0) is 15.4. The second kappa shape index (κ2) is 6.78. The third kappa shape index (κ3) is 3.86. The molecule has 0 aliphatic heterocycles. The van der Waals surface area contributed by atoms with Gasteiger partial charge in [0, 0.05) is 24.3 Å². The van der Waals surface area contributed by atoms with Crippen LogP contribution in [0.25, 0.3) is 0 Å². The zero-order valence-corrected chi connectivity index (χ0v) is 12.8. The first-order valence-corrected chi connectivity index (χ1v) is 7.10. The normalized spacial score (nSPS) is 12.7. The van der Waals surface area contributed by atoms with Crippen molar-refractivity contribution in [1.29, 1.82) is 0 Å². The number of nitrogens with zero attached hydrogens (tertiary/aromatic N) is 2. The van der Waals surface area contributed by atoms with E-state index in [1.165, 1.54) is 6.07 Å². The van der Waals surface area contributed by atoms with E-state index >= 15 is 0 Å². The van der Waals surface area contributed by atoms with Gasteiger partial charge >= 0.3 is 0 Å². The molecule has 0 saturated heterocycles. The third-order valence-corrected chi connectivity index (χ3v) is 3.62. The number of aryl methyl sites for hydroxylation is 2. The van der Waals surface area contributed by atoms with Crippen molar-refractivity contribution < 1.29 is 4.39 Å². The van der Waals surface area contributed by atoms with Crippen LogP contribution in [0.1, 0.15) is 28.6 Å². The van der Waals surface area contributed by atoms with E-state index in [4.69, 9.17) is 5.73 Å². The van der Waals surface area contributed by atoms with Gasteiger partial charge in [-0.1, -0.05) is 23.8 Å². The van der Waals surface area contributed by atoms with Gasteiger partial charge in [-0.3, -0.25) is 9.88 Å². The Balaban J connectivity index is 2.22. The Morgan fingerprint density at radius 3 is 2.67 bits per heavy atom. The summed E-state index contributed by atoms with van der Waals surface area (Å²) in [6.45, 7) is 4.92. The van der Waals surface area contributed by atoms with E-state index in [2.05, 4.69) is 4.98 Å². The van der Waals surface area contributed by atoms with Crippen LogP contribution in [0.3, 0.4) is 0 Å². The molecular weight excluding hydrogens is 265 g/mol. The van der Waals surface area contributed by atoms with E-state index < -0.39 is 0 Å². The second-order valence-corrected chi connectivity index (χ2v) is 5.46. The Hall–Kier alpha value is -1.78. The summed E-state index contributed by atoms with van der Waals surface area (Å²) in [6, 6.07) is 10.9. The summed E-state index contributed by atoms with van der Waals surface area (Å²) in [5.41, 5.74) is 9.50. The Bertz CT molecular complexity index is 613. The molecule has 3 nitrogen and oxygen atoms in total. The van der Waals surface area contributed by atoms with Gasteiger partial charge in [0.05, 0.1) is 11.7 Å². The molecule has 0 aliphatic rings. The van der Waals surface area contributed by atoms with E-state index in [0.717, 1.165) is 17.0 Å². The summed E-state index contributed by atoms with van der Waals surface area (Å²) in [7, 11) is 1.95. The van der Waals surface area contributed by atoms with Crippen molar-refractivity contribution in [3.8, 4) is 0 Å². The van der Waals surface area contributed by atoms with E-state index in [0.29, 0.717) is 18.7 Å². The molecule has 0 bridgehead atoms. The highest BCUT2D eigenvalue weighted by atomic mass is 19.1. The molecule has 1 heterocycles. The van der Waals surface area contributed by atoms with Crippen LogP contribution in [0, 0.1) is 19.7 Å². The number of likely N-dealkylation sites (N-methyl/N-ethyl adjacent to an activating group) is 1. The second-order valence-electron chi connectivity index (χ2n) is 5.46. The van der Waals surface area contributed by atoms with Gasteiger partial charge in [0.1, 0.15) is 5.82 Å². The van der Waals surface area contributed by atoms with Crippen molar-refractivity contribution in [1.82, 2.24) is 9.88 Å². The smallest absolute Gasteiger partial charge is 0.128 e. The Morgan fingerprint density at radius 2 is 2.00 bits per heavy atom. The van der Waals surface area contributed by atoms with Crippen molar-refractivity contribution in [3.05, 3.63) is 64.7 Å². The van der Waals surface area contributed by atoms with Gasteiger partial charge in [0.25, 0.3) is 0 Å². The van der Waals surface area contributed by atoms with E-state index in [1.807, 2.05) is 50.1 Å². The molecule has 112 valence electrons. The molecule has 2 rings (SSSR count). The molecule has 4 heteroatoms. The highest BCUT2D eigenvalue weighted by molar-refractivity contribution is 5.27. The largest absolute Gasteiger partial charge is 0.329 e. The lowest BCUT2D eigenvalue weighted by Gasteiger charge is -2.27. The molecule has 1 aromatic carbocycles. The van der Waals surface area contributed by atoms with Crippen LogP contribution < -0.4 is 5.73 Å². The molecule has 2 aromatic rings. The minimum Gasteiger partial charge on any atom is -0.329 e. The Kier molecular flexibility index (Phi) is 5.04. The summed E-state index contributed by atoms with van der Waals surface area (Å²) >= 11 is 0. The predicted octanol–water partition coefficient (Wildman–Crippen LogP) is 2.97. The van der Waals surface area contributed by atoms with E-state index in [1.54, 1.807) is 6.07 Å². The van der Waals surface area contributed by atoms with Gasteiger partial charge in [0.2, 0.25) is 0 Å². The van der Waals surface area contributed by atoms with Crippen LogP contribution in [-0.2, 0) is 6.54 Å². The van der Waals surface area contributed by atoms with Crippen LogP contribution in [0.5, 0.6) is 0 Å². The minimum atomic E-state index is -0.208. The zero-order valence-electron chi connectivity index (χ0n) is 12.8. The van der Waals surface area contributed by atoms with Crippen LogP contribution in [0.15, 0.2) is 36.4 Å². The van der Waals surface area contributed by atoms with Crippen molar-refractivity contribution in [2.45, 2.75) is 26.4 Å². The molecule has 0 fully saturated rings. The maximum atomic E-state index is 14.1. The Labute approximate surface area is 125 Å².